The van der Waals surface area contributed by atoms with E-state index in [1.54, 1.807) is 12.1 Å². The van der Waals surface area contributed by atoms with Crippen molar-refractivity contribution < 1.29 is 24.0 Å². The Hall–Kier alpha value is -3.31. The third kappa shape index (κ3) is 4.10. The number of fused-ring (bicyclic) bond motifs is 1. The molecule has 0 aromatic heterocycles. The van der Waals surface area contributed by atoms with Gasteiger partial charge in [-0.3, -0.25) is 34.2 Å². The van der Waals surface area contributed by atoms with Gasteiger partial charge in [0, 0.05) is 70.1 Å². The number of amides is 5. The number of piperidine rings is 2. The number of hydrogen-bond donors (Lipinski definition) is 2. The van der Waals surface area contributed by atoms with E-state index in [4.69, 9.17) is 5.73 Å². The van der Waals surface area contributed by atoms with Crippen molar-refractivity contribution in [1.29, 1.82) is 0 Å². The molecule has 37 heavy (non-hydrogen) atoms. The number of imide groups is 2. The van der Waals surface area contributed by atoms with Gasteiger partial charge in [-0.2, -0.15) is 0 Å². The Morgan fingerprint density at radius 2 is 1.73 bits per heavy atom. The molecular formula is C26H32N6O5. The zero-order valence-corrected chi connectivity index (χ0v) is 20.8. The van der Waals surface area contributed by atoms with E-state index in [-0.39, 0.29) is 36.1 Å². The molecule has 6 rings (SSSR count). The summed E-state index contributed by atoms with van der Waals surface area (Å²) in [6.45, 7) is 5.62. The van der Waals surface area contributed by atoms with Gasteiger partial charge in [0.05, 0.1) is 16.8 Å². The minimum absolute atomic E-state index is 0.0968. The topological polar surface area (TPSA) is 136 Å². The molecular weight excluding hydrogens is 476 g/mol. The van der Waals surface area contributed by atoms with Crippen molar-refractivity contribution in [3.05, 3.63) is 29.3 Å². The van der Waals surface area contributed by atoms with Crippen LogP contribution in [0.4, 0.5) is 5.69 Å². The largest absolute Gasteiger partial charge is 0.369 e. The van der Waals surface area contributed by atoms with Gasteiger partial charge < -0.3 is 20.4 Å². The van der Waals surface area contributed by atoms with Crippen LogP contribution < -0.4 is 16.0 Å². The van der Waals surface area contributed by atoms with Crippen molar-refractivity contribution in [1.82, 2.24) is 20.0 Å². The van der Waals surface area contributed by atoms with E-state index in [0.717, 1.165) is 63.6 Å². The first-order chi connectivity index (χ1) is 17.7. The molecule has 11 nitrogen and oxygen atoms in total. The maximum Gasteiger partial charge on any atom is 0.264 e. The van der Waals surface area contributed by atoms with E-state index in [9.17, 15) is 24.0 Å². The standard InChI is InChI=1S/C26H32N6O5/c27-16-6-10-30(11-7-16)21(34)8-9-29-12-26(13-29)14-31(15-26)18-3-1-2-17-22(18)25(37)32(24(17)36)19-4-5-20(33)28-23(19)35/h1-3,16,19H,4-15,27H2,(H,28,33,35). The smallest absolute Gasteiger partial charge is 0.264 e. The van der Waals surface area contributed by atoms with E-state index in [1.165, 1.54) is 0 Å². The highest BCUT2D eigenvalue weighted by molar-refractivity contribution is 6.25. The van der Waals surface area contributed by atoms with Crippen LogP contribution in [0.15, 0.2) is 18.2 Å². The van der Waals surface area contributed by atoms with E-state index in [0.29, 0.717) is 23.2 Å². The number of rotatable bonds is 5. The molecule has 1 aromatic rings. The molecule has 5 aliphatic heterocycles. The second-order valence-corrected chi connectivity index (χ2v) is 11.2. The highest BCUT2D eigenvalue weighted by Crippen LogP contribution is 2.44. The number of anilines is 1. The van der Waals surface area contributed by atoms with Gasteiger partial charge in [0.1, 0.15) is 6.04 Å². The Morgan fingerprint density at radius 3 is 2.43 bits per heavy atom. The molecule has 1 unspecified atom stereocenters. The summed E-state index contributed by atoms with van der Waals surface area (Å²) in [5.41, 5.74) is 7.44. The van der Waals surface area contributed by atoms with Crippen LogP contribution in [0.3, 0.4) is 0 Å². The van der Waals surface area contributed by atoms with Crippen LogP contribution in [-0.4, -0.2) is 102 Å². The highest BCUT2D eigenvalue weighted by Gasteiger charge is 2.53. The average Bonchev–Trinajstić information content (AvgIpc) is 3.08. The zero-order valence-electron chi connectivity index (χ0n) is 20.8. The second kappa shape index (κ2) is 8.91. The van der Waals surface area contributed by atoms with Crippen molar-refractivity contribution in [2.75, 3.05) is 50.7 Å². The lowest BCUT2D eigenvalue weighted by Gasteiger charge is -2.61. The molecule has 5 heterocycles. The zero-order chi connectivity index (χ0) is 25.9. The fourth-order valence-corrected chi connectivity index (χ4v) is 6.52. The van der Waals surface area contributed by atoms with Crippen LogP contribution in [0.1, 0.15) is 52.8 Å². The maximum atomic E-state index is 13.4. The van der Waals surface area contributed by atoms with Crippen LogP contribution in [0.5, 0.6) is 0 Å². The molecule has 0 aliphatic carbocycles. The Kier molecular flexibility index (Phi) is 5.79. The molecule has 4 saturated heterocycles. The molecule has 0 saturated carbocycles. The summed E-state index contributed by atoms with van der Waals surface area (Å²) in [7, 11) is 0. The number of nitrogens with two attached hydrogens (primary N) is 1. The number of nitrogens with one attached hydrogen (secondary N) is 1. The number of carbonyl (C=O) groups excluding carboxylic acids is 5. The molecule has 11 heteroatoms. The number of likely N-dealkylation sites (tertiary alicyclic amines) is 2. The van der Waals surface area contributed by atoms with E-state index in [1.807, 2.05) is 11.0 Å². The Bertz CT molecular complexity index is 1180. The normalized spacial score (nSPS) is 25.8. The SMILES string of the molecule is NC1CCN(C(=O)CCN2CC3(C2)CN(c2cccc4c2C(=O)N(C2CCC(=O)NC2=O)C4=O)C3)CC1. The fraction of sp³-hybridized carbons (Fsp3) is 0.577. The molecule has 4 fully saturated rings. The van der Waals surface area contributed by atoms with E-state index < -0.39 is 23.8 Å². The number of benzene rings is 1. The third-order valence-corrected chi connectivity index (χ3v) is 8.49. The summed E-state index contributed by atoms with van der Waals surface area (Å²) in [5, 5.41) is 2.23. The lowest BCUT2D eigenvalue weighted by Crippen LogP contribution is -2.72. The third-order valence-electron chi connectivity index (χ3n) is 8.49. The van der Waals surface area contributed by atoms with Crippen LogP contribution in [0.2, 0.25) is 0 Å². The number of nitrogens with zero attached hydrogens (tertiary/aromatic N) is 4. The van der Waals surface area contributed by atoms with Gasteiger partial charge >= 0.3 is 0 Å². The van der Waals surface area contributed by atoms with E-state index in [2.05, 4.69) is 15.1 Å². The Morgan fingerprint density at radius 1 is 1.00 bits per heavy atom. The minimum atomic E-state index is -0.967. The van der Waals surface area contributed by atoms with Gasteiger partial charge in [-0.15, -0.1) is 0 Å². The molecule has 5 aliphatic rings. The predicted molar refractivity (Wildman–Crippen MR) is 133 cm³/mol. The quantitative estimate of drug-likeness (QED) is 0.511. The van der Waals surface area contributed by atoms with Crippen molar-refractivity contribution >= 4 is 35.2 Å². The first-order valence-corrected chi connectivity index (χ1v) is 13.1. The number of carbonyl (C=O) groups is 5. The van der Waals surface area contributed by atoms with Crippen LogP contribution in [-0.2, 0) is 14.4 Å². The van der Waals surface area contributed by atoms with Crippen LogP contribution in [0, 0.1) is 5.41 Å². The summed E-state index contributed by atoms with van der Waals surface area (Å²) in [6, 6.07) is 4.49. The summed E-state index contributed by atoms with van der Waals surface area (Å²) in [6.07, 6.45) is 2.50. The van der Waals surface area contributed by atoms with Gasteiger partial charge in [-0.25, -0.2) is 0 Å². The maximum absolute atomic E-state index is 13.4. The van der Waals surface area contributed by atoms with Crippen molar-refractivity contribution in [3.63, 3.8) is 0 Å². The van der Waals surface area contributed by atoms with Crippen LogP contribution in [0.25, 0.3) is 0 Å². The lowest BCUT2D eigenvalue weighted by molar-refractivity contribution is -0.136. The molecule has 1 atom stereocenters. The van der Waals surface area contributed by atoms with Gasteiger partial charge in [-0.05, 0) is 31.4 Å². The van der Waals surface area contributed by atoms with Crippen LogP contribution >= 0.6 is 0 Å². The lowest BCUT2D eigenvalue weighted by atomic mass is 9.72. The van der Waals surface area contributed by atoms with E-state index >= 15 is 0 Å². The fourth-order valence-electron chi connectivity index (χ4n) is 6.52. The second-order valence-electron chi connectivity index (χ2n) is 11.2. The molecule has 1 aromatic carbocycles. The highest BCUT2D eigenvalue weighted by atomic mass is 16.2. The first-order valence-electron chi connectivity index (χ1n) is 13.1. The molecule has 0 radical (unpaired) electrons. The van der Waals surface area contributed by atoms with Gasteiger partial charge in [0.2, 0.25) is 17.7 Å². The minimum Gasteiger partial charge on any atom is -0.369 e. The molecule has 3 N–H and O–H groups in total. The summed E-state index contributed by atoms with van der Waals surface area (Å²) in [4.78, 5) is 70.2. The van der Waals surface area contributed by atoms with Gasteiger partial charge in [0.25, 0.3) is 11.8 Å². The predicted octanol–water partition coefficient (Wildman–Crippen LogP) is -0.450. The molecule has 5 amide bonds. The van der Waals surface area contributed by atoms with Crippen molar-refractivity contribution in [2.24, 2.45) is 11.1 Å². The molecule has 0 bridgehead atoms. The Labute approximate surface area is 214 Å². The van der Waals surface area contributed by atoms with Crippen molar-refractivity contribution in [3.8, 4) is 0 Å². The van der Waals surface area contributed by atoms with Gasteiger partial charge in [0.15, 0.2) is 0 Å². The molecule has 196 valence electrons. The van der Waals surface area contributed by atoms with Crippen molar-refractivity contribution in [2.45, 2.75) is 44.2 Å². The Balaban J connectivity index is 1.05. The number of hydrogen-bond acceptors (Lipinski definition) is 8. The average molecular weight is 509 g/mol. The summed E-state index contributed by atoms with van der Waals surface area (Å²) in [5.74, 6) is -1.75. The summed E-state index contributed by atoms with van der Waals surface area (Å²) < 4.78 is 0. The van der Waals surface area contributed by atoms with Gasteiger partial charge in [-0.1, -0.05) is 6.07 Å². The summed E-state index contributed by atoms with van der Waals surface area (Å²) >= 11 is 0. The first kappa shape index (κ1) is 24.1. The molecule has 1 spiro atoms. The monoisotopic (exact) mass is 508 g/mol.